The number of sulfonamides is 1. The number of nitrogens with one attached hydrogen (secondary N) is 1. The second-order valence-corrected chi connectivity index (χ2v) is 8.89. The lowest BCUT2D eigenvalue weighted by Crippen LogP contribution is -2.37. The van der Waals surface area contributed by atoms with Crippen LogP contribution in [0.4, 0.5) is 0 Å². The minimum Gasteiger partial charge on any atom is -0.354 e. The fraction of sp³-hybridized carbons (Fsp3) is 0.211. The van der Waals surface area contributed by atoms with E-state index in [1.54, 1.807) is 25.1 Å². The van der Waals surface area contributed by atoms with Gasteiger partial charge in [-0.15, -0.1) is 11.3 Å². The first-order chi connectivity index (χ1) is 13.8. The first-order valence-electron chi connectivity index (χ1n) is 8.79. The smallest absolute Gasteiger partial charge is 0.267 e. The third-order valence-electron chi connectivity index (χ3n) is 4.31. The molecule has 1 amide bonds. The second-order valence-electron chi connectivity index (χ2n) is 6.38. The summed E-state index contributed by atoms with van der Waals surface area (Å²) in [5, 5.41) is 14.1. The van der Waals surface area contributed by atoms with E-state index in [9.17, 15) is 18.0 Å². The van der Waals surface area contributed by atoms with Gasteiger partial charge in [-0.05, 0) is 48.6 Å². The molecule has 3 rings (SSSR count). The minimum absolute atomic E-state index is 0.0370. The topological polar surface area (TPSA) is 124 Å². The van der Waals surface area contributed by atoms with Gasteiger partial charge in [0.05, 0.1) is 9.77 Å². The molecular formula is C19H20N4O4S2. The van der Waals surface area contributed by atoms with Crippen LogP contribution in [0.15, 0.2) is 63.6 Å². The van der Waals surface area contributed by atoms with Gasteiger partial charge in [-0.25, -0.2) is 18.2 Å². The van der Waals surface area contributed by atoms with Crippen molar-refractivity contribution < 1.29 is 13.2 Å². The summed E-state index contributed by atoms with van der Waals surface area (Å²) in [5.74, 6) is -0.330. The third-order valence-corrected chi connectivity index (χ3v) is 6.13. The number of nitrogens with zero attached hydrogens (tertiary/aromatic N) is 2. The average molecular weight is 433 g/mol. The van der Waals surface area contributed by atoms with Crippen molar-refractivity contribution in [1.82, 2.24) is 15.1 Å². The molecule has 29 heavy (non-hydrogen) atoms. The van der Waals surface area contributed by atoms with Crippen LogP contribution in [0.5, 0.6) is 0 Å². The lowest BCUT2D eigenvalue weighted by Gasteiger charge is -2.14. The normalized spacial score (nSPS) is 12.5. The van der Waals surface area contributed by atoms with E-state index >= 15 is 0 Å². The molecule has 0 fully saturated rings. The first kappa shape index (κ1) is 20.9. The molecule has 0 aliphatic heterocycles. The van der Waals surface area contributed by atoms with Crippen LogP contribution in [0.1, 0.15) is 18.5 Å². The van der Waals surface area contributed by atoms with Crippen LogP contribution in [-0.2, 0) is 21.2 Å². The van der Waals surface area contributed by atoms with Crippen molar-refractivity contribution in [2.75, 3.05) is 6.54 Å². The van der Waals surface area contributed by atoms with Gasteiger partial charge in [0, 0.05) is 12.6 Å². The number of hydrogen-bond acceptors (Lipinski definition) is 6. The number of carbonyl (C=O) groups excluding carboxylic acids is 1. The molecule has 8 nitrogen and oxygen atoms in total. The van der Waals surface area contributed by atoms with E-state index in [0.717, 1.165) is 10.4 Å². The maximum Gasteiger partial charge on any atom is 0.267 e. The maximum absolute atomic E-state index is 12.5. The molecule has 0 bridgehead atoms. The Morgan fingerprint density at radius 3 is 2.55 bits per heavy atom. The lowest BCUT2D eigenvalue weighted by atomic mass is 10.1. The summed E-state index contributed by atoms with van der Waals surface area (Å²) < 4.78 is 23.7. The van der Waals surface area contributed by atoms with Crippen molar-refractivity contribution in [2.45, 2.75) is 24.3 Å². The zero-order chi connectivity index (χ0) is 21.0. The molecule has 1 aromatic carbocycles. The van der Waals surface area contributed by atoms with Crippen LogP contribution in [0.2, 0.25) is 0 Å². The van der Waals surface area contributed by atoms with Crippen LogP contribution < -0.4 is 16.0 Å². The van der Waals surface area contributed by atoms with E-state index in [1.165, 1.54) is 34.2 Å². The van der Waals surface area contributed by atoms with Gasteiger partial charge in [-0.1, -0.05) is 18.2 Å². The number of aromatic nitrogens is 2. The second kappa shape index (κ2) is 8.68. The number of rotatable bonds is 7. The monoisotopic (exact) mass is 432 g/mol. The summed E-state index contributed by atoms with van der Waals surface area (Å²) in [5.41, 5.74) is 1.13. The van der Waals surface area contributed by atoms with Gasteiger partial charge in [0.25, 0.3) is 5.56 Å². The molecule has 1 atom stereocenters. The molecule has 2 aromatic heterocycles. The Morgan fingerprint density at radius 1 is 1.21 bits per heavy atom. The molecule has 0 saturated carbocycles. The van der Waals surface area contributed by atoms with E-state index in [4.69, 9.17) is 5.14 Å². The van der Waals surface area contributed by atoms with E-state index < -0.39 is 16.1 Å². The van der Waals surface area contributed by atoms with Gasteiger partial charge in [0.1, 0.15) is 11.7 Å². The fourth-order valence-electron chi connectivity index (χ4n) is 2.69. The number of primary sulfonamides is 1. The zero-order valence-corrected chi connectivity index (χ0v) is 17.2. The predicted octanol–water partition coefficient (Wildman–Crippen LogP) is 1.54. The summed E-state index contributed by atoms with van der Waals surface area (Å²) in [7, 11) is -3.73. The Hall–Kier alpha value is -2.82. The van der Waals surface area contributed by atoms with E-state index in [0.29, 0.717) is 18.7 Å². The summed E-state index contributed by atoms with van der Waals surface area (Å²) in [6, 6.07) is 12.2. The summed E-state index contributed by atoms with van der Waals surface area (Å²) in [4.78, 5) is 25.6. The van der Waals surface area contributed by atoms with Crippen LogP contribution in [0, 0.1) is 0 Å². The molecule has 0 saturated heterocycles. The Kier molecular flexibility index (Phi) is 6.26. The van der Waals surface area contributed by atoms with Crippen LogP contribution >= 0.6 is 11.3 Å². The number of benzene rings is 1. The SMILES string of the molecule is CC(C(=O)NCCc1ccc(S(N)(=O)=O)cc1)n1nc(-c2cccs2)ccc1=O. The molecule has 0 aliphatic rings. The van der Waals surface area contributed by atoms with Crippen LogP contribution in [0.3, 0.4) is 0 Å². The third kappa shape index (κ3) is 5.17. The highest BCUT2D eigenvalue weighted by atomic mass is 32.2. The van der Waals surface area contributed by atoms with Gasteiger partial charge in [0.2, 0.25) is 15.9 Å². The fourth-order valence-corrected chi connectivity index (χ4v) is 3.90. The molecule has 3 N–H and O–H groups in total. The number of thiophene rings is 1. The van der Waals surface area contributed by atoms with Gasteiger partial charge < -0.3 is 5.32 Å². The van der Waals surface area contributed by atoms with Crippen molar-refractivity contribution in [1.29, 1.82) is 0 Å². The van der Waals surface area contributed by atoms with E-state index in [-0.39, 0.29) is 16.4 Å². The van der Waals surface area contributed by atoms with Crippen molar-refractivity contribution in [3.05, 3.63) is 69.8 Å². The molecule has 0 spiro atoms. The number of hydrogen-bond donors (Lipinski definition) is 2. The van der Waals surface area contributed by atoms with Crippen molar-refractivity contribution in [2.24, 2.45) is 5.14 Å². The zero-order valence-electron chi connectivity index (χ0n) is 15.6. The Balaban J connectivity index is 1.62. The average Bonchev–Trinajstić information content (AvgIpc) is 3.22. The molecule has 3 aromatic rings. The molecular weight excluding hydrogens is 412 g/mol. The quantitative estimate of drug-likeness (QED) is 0.586. The van der Waals surface area contributed by atoms with Crippen molar-refractivity contribution in [3.8, 4) is 10.6 Å². The summed E-state index contributed by atoms with van der Waals surface area (Å²) in [6.07, 6.45) is 0.501. The highest BCUT2D eigenvalue weighted by Crippen LogP contribution is 2.21. The molecule has 1 unspecified atom stereocenters. The Bertz CT molecular complexity index is 1150. The first-order valence-corrected chi connectivity index (χ1v) is 11.2. The van der Waals surface area contributed by atoms with E-state index in [1.807, 2.05) is 17.5 Å². The lowest BCUT2D eigenvalue weighted by molar-refractivity contribution is -0.124. The van der Waals surface area contributed by atoms with Crippen molar-refractivity contribution in [3.63, 3.8) is 0 Å². The Morgan fingerprint density at radius 2 is 1.93 bits per heavy atom. The number of carbonyl (C=O) groups is 1. The summed E-state index contributed by atoms with van der Waals surface area (Å²) in [6.45, 7) is 1.94. The van der Waals surface area contributed by atoms with Crippen LogP contribution in [-0.4, -0.2) is 30.7 Å². The highest BCUT2D eigenvalue weighted by molar-refractivity contribution is 7.89. The molecule has 0 aliphatic carbocycles. The standard InChI is InChI=1S/C19H20N4O4S2/c1-13(23-18(24)9-8-16(22-23)17-3-2-12-28-17)19(25)21-11-10-14-4-6-15(7-5-14)29(20,26)27/h2-9,12-13H,10-11H2,1H3,(H,21,25)(H2,20,26,27). The predicted molar refractivity (Wildman–Crippen MR) is 111 cm³/mol. The van der Waals surface area contributed by atoms with Crippen molar-refractivity contribution >= 4 is 27.3 Å². The van der Waals surface area contributed by atoms with Gasteiger partial charge >= 0.3 is 0 Å². The number of nitrogens with two attached hydrogens (primary N) is 1. The molecule has 0 radical (unpaired) electrons. The maximum atomic E-state index is 12.5. The van der Waals surface area contributed by atoms with Gasteiger partial charge in [0.15, 0.2) is 0 Å². The van der Waals surface area contributed by atoms with Crippen LogP contribution in [0.25, 0.3) is 10.6 Å². The largest absolute Gasteiger partial charge is 0.354 e. The van der Waals surface area contributed by atoms with E-state index in [2.05, 4.69) is 10.4 Å². The molecule has 10 heteroatoms. The van der Waals surface area contributed by atoms with Gasteiger partial charge in [-0.2, -0.15) is 5.10 Å². The highest BCUT2D eigenvalue weighted by Gasteiger charge is 2.18. The van der Waals surface area contributed by atoms with Gasteiger partial charge in [-0.3, -0.25) is 9.59 Å². The Labute approximate surface area is 172 Å². The molecule has 2 heterocycles. The minimum atomic E-state index is -3.73. The number of amides is 1. The molecule has 152 valence electrons. The summed E-state index contributed by atoms with van der Waals surface area (Å²) >= 11 is 1.50.